The standard InChI is InChI=1S/C17H14O3/c1-11-16(12-6-3-2-4-7-12)14-9-5-8-13(10-15(18)19)17(14)20-11/h2-9H,10H2,1H3,(H,18,19). The summed E-state index contributed by atoms with van der Waals surface area (Å²) >= 11 is 0. The molecule has 0 fully saturated rings. The van der Waals surface area contributed by atoms with Gasteiger partial charge in [-0.05, 0) is 12.5 Å². The fourth-order valence-corrected chi connectivity index (χ4v) is 2.56. The number of aryl methyl sites for hydroxylation is 1. The Morgan fingerprint density at radius 1 is 1.10 bits per heavy atom. The van der Waals surface area contributed by atoms with Crippen molar-refractivity contribution < 1.29 is 14.3 Å². The molecule has 3 heteroatoms. The van der Waals surface area contributed by atoms with Crippen molar-refractivity contribution in [2.75, 3.05) is 0 Å². The first-order chi connectivity index (χ1) is 9.66. The number of rotatable bonds is 3. The Morgan fingerprint density at radius 2 is 1.85 bits per heavy atom. The molecule has 0 unspecified atom stereocenters. The fourth-order valence-electron chi connectivity index (χ4n) is 2.56. The molecule has 0 radical (unpaired) electrons. The summed E-state index contributed by atoms with van der Waals surface area (Å²) in [6.07, 6.45) is -0.0292. The summed E-state index contributed by atoms with van der Waals surface area (Å²) in [7, 11) is 0. The first kappa shape index (κ1) is 12.5. The number of carboxylic acid groups (broad SMARTS) is 1. The van der Waals surface area contributed by atoms with Crippen molar-refractivity contribution in [3.05, 3.63) is 59.9 Å². The molecule has 1 aromatic heterocycles. The number of hydrogen-bond donors (Lipinski definition) is 1. The molecule has 0 amide bonds. The Hall–Kier alpha value is -2.55. The summed E-state index contributed by atoms with van der Waals surface area (Å²) in [6.45, 7) is 1.91. The van der Waals surface area contributed by atoms with Crippen LogP contribution in [0.1, 0.15) is 11.3 Å². The number of carbonyl (C=O) groups is 1. The quantitative estimate of drug-likeness (QED) is 0.778. The van der Waals surface area contributed by atoms with Crippen molar-refractivity contribution >= 4 is 16.9 Å². The average molecular weight is 266 g/mol. The van der Waals surface area contributed by atoms with E-state index in [0.717, 1.165) is 22.3 Å². The minimum atomic E-state index is -0.854. The van der Waals surface area contributed by atoms with Gasteiger partial charge in [-0.1, -0.05) is 48.5 Å². The molecule has 3 aromatic rings. The monoisotopic (exact) mass is 266 g/mol. The van der Waals surface area contributed by atoms with Crippen LogP contribution in [0.2, 0.25) is 0 Å². The van der Waals surface area contributed by atoms with E-state index in [0.29, 0.717) is 11.1 Å². The van der Waals surface area contributed by atoms with Crippen LogP contribution < -0.4 is 0 Å². The van der Waals surface area contributed by atoms with Gasteiger partial charge in [0, 0.05) is 16.5 Å². The lowest BCUT2D eigenvalue weighted by atomic mass is 10.0. The lowest BCUT2D eigenvalue weighted by molar-refractivity contribution is -0.136. The van der Waals surface area contributed by atoms with Crippen LogP contribution in [0.25, 0.3) is 22.1 Å². The summed E-state index contributed by atoms with van der Waals surface area (Å²) in [5.41, 5.74) is 3.50. The number of para-hydroxylation sites is 1. The van der Waals surface area contributed by atoms with E-state index in [2.05, 4.69) is 0 Å². The van der Waals surface area contributed by atoms with Gasteiger partial charge in [-0.25, -0.2) is 0 Å². The molecule has 0 aliphatic carbocycles. The largest absolute Gasteiger partial charge is 0.481 e. The summed E-state index contributed by atoms with van der Waals surface area (Å²) in [5.74, 6) is -0.0446. The maximum Gasteiger partial charge on any atom is 0.307 e. The van der Waals surface area contributed by atoms with Crippen LogP contribution in [-0.4, -0.2) is 11.1 Å². The SMILES string of the molecule is Cc1oc2c(CC(=O)O)cccc2c1-c1ccccc1. The summed E-state index contributed by atoms with van der Waals surface area (Å²) in [5, 5.41) is 9.94. The molecule has 100 valence electrons. The number of fused-ring (bicyclic) bond motifs is 1. The predicted octanol–water partition coefficient (Wildman–Crippen LogP) is 4.04. The predicted molar refractivity (Wildman–Crippen MR) is 77.7 cm³/mol. The number of carboxylic acids is 1. The zero-order valence-corrected chi connectivity index (χ0v) is 11.1. The van der Waals surface area contributed by atoms with E-state index < -0.39 is 5.97 Å². The Morgan fingerprint density at radius 3 is 2.55 bits per heavy atom. The number of aliphatic carboxylic acids is 1. The molecular formula is C17H14O3. The van der Waals surface area contributed by atoms with Crippen molar-refractivity contribution in [1.29, 1.82) is 0 Å². The molecule has 2 aromatic carbocycles. The van der Waals surface area contributed by atoms with Gasteiger partial charge in [-0.15, -0.1) is 0 Å². The molecule has 0 saturated carbocycles. The van der Waals surface area contributed by atoms with Gasteiger partial charge >= 0.3 is 5.97 Å². The van der Waals surface area contributed by atoms with E-state index in [1.165, 1.54) is 0 Å². The lowest BCUT2D eigenvalue weighted by Gasteiger charge is -2.01. The highest BCUT2D eigenvalue weighted by molar-refractivity contribution is 5.98. The molecule has 1 heterocycles. The summed E-state index contributed by atoms with van der Waals surface area (Å²) in [6, 6.07) is 15.6. The van der Waals surface area contributed by atoms with Crippen LogP contribution in [0.5, 0.6) is 0 Å². The Balaban J connectivity index is 2.25. The molecule has 20 heavy (non-hydrogen) atoms. The van der Waals surface area contributed by atoms with Crippen molar-refractivity contribution in [2.45, 2.75) is 13.3 Å². The third kappa shape index (κ3) is 2.07. The molecule has 0 bridgehead atoms. The second kappa shape index (κ2) is 4.85. The van der Waals surface area contributed by atoms with Crippen molar-refractivity contribution in [1.82, 2.24) is 0 Å². The number of furan rings is 1. The minimum absolute atomic E-state index is 0.0292. The smallest absolute Gasteiger partial charge is 0.307 e. The van der Waals surface area contributed by atoms with E-state index in [-0.39, 0.29) is 6.42 Å². The van der Waals surface area contributed by atoms with E-state index >= 15 is 0 Å². The number of hydrogen-bond acceptors (Lipinski definition) is 2. The van der Waals surface area contributed by atoms with Crippen molar-refractivity contribution in [3.63, 3.8) is 0 Å². The highest BCUT2D eigenvalue weighted by Gasteiger charge is 2.16. The van der Waals surface area contributed by atoms with Crippen LogP contribution >= 0.6 is 0 Å². The second-order valence-electron chi connectivity index (χ2n) is 4.76. The van der Waals surface area contributed by atoms with Crippen LogP contribution in [0.15, 0.2) is 52.9 Å². The third-order valence-corrected chi connectivity index (χ3v) is 3.38. The highest BCUT2D eigenvalue weighted by Crippen LogP contribution is 2.35. The van der Waals surface area contributed by atoms with Crippen LogP contribution in [0, 0.1) is 6.92 Å². The second-order valence-corrected chi connectivity index (χ2v) is 4.76. The van der Waals surface area contributed by atoms with Gasteiger partial charge in [-0.2, -0.15) is 0 Å². The molecule has 3 rings (SSSR count). The highest BCUT2D eigenvalue weighted by atomic mass is 16.4. The van der Waals surface area contributed by atoms with E-state index in [9.17, 15) is 4.79 Å². The lowest BCUT2D eigenvalue weighted by Crippen LogP contribution is -1.99. The molecule has 0 spiro atoms. The molecule has 3 nitrogen and oxygen atoms in total. The van der Waals surface area contributed by atoms with Crippen LogP contribution in [-0.2, 0) is 11.2 Å². The molecule has 1 N–H and O–H groups in total. The average Bonchev–Trinajstić information content (AvgIpc) is 2.76. The number of benzene rings is 2. The zero-order valence-electron chi connectivity index (χ0n) is 11.1. The van der Waals surface area contributed by atoms with E-state index in [4.69, 9.17) is 9.52 Å². The van der Waals surface area contributed by atoms with E-state index in [1.54, 1.807) is 6.07 Å². The van der Waals surface area contributed by atoms with E-state index in [1.807, 2.05) is 49.4 Å². The fraction of sp³-hybridized carbons (Fsp3) is 0.118. The van der Waals surface area contributed by atoms with Gasteiger partial charge in [0.1, 0.15) is 11.3 Å². The maximum atomic E-state index is 10.9. The molecule has 0 aliphatic heterocycles. The Kier molecular flexibility index (Phi) is 3.03. The van der Waals surface area contributed by atoms with Crippen LogP contribution in [0.3, 0.4) is 0 Å². The van der Waals surface area contributed by atoms with Gasteiger partial charge < -0.3 is 9.52 Å². The third-order valence-electron chi connectivity index (χ3n) is 3.38. The molecule has 0 saturated heterocycles. The van der Waals surface area contributed by atoms with Crippen molar-refractivity contribution in [3.8, 4) is 11.1 Å². The van der Waals surface area contributed by atoms with Gasteiger partial charge in [0.25, 0.3) is 0 Å². The Bertz CT molecular complexity index is 770. The van der Waals surface area contributed by atoms with Gasteiger partial charge in [0.05, 0.1) is 6.42 Å². The normalized spacial score (nSPS) is 10.8. The Labute approximate surface area is 116 Å². The summed E-state index contributed by atoms with van der Waals surface area (Å²) < 4.78 is 5.82. The molecule has 0 atom stereocenters. The topological polar surface area (TPSA) is 50.4 Å². The molecule has 0 aliphatic rings. The molecular weight excluding hydrogens is 252 g/mol. The maximum absolute atomic E-state index is 10.9. The first-order valence-electron chi connectivity index (χ1n) is 6.45. The summed E-state index contributed by atoms with van der Waals surface area (Å²) in [4.78, 5) is 10.9. The first-order valence-corrected chi connectivity index (χ1v) is 6.45. The van der Waals surface area contributed by atoms with Gasteiger partial charge in [0.15, 0.2) is 0 Å². The zero-order chi connectivity index (χ0) is 14.1. The minimum Gasteiger partial charge on any atom is -0.481 e. The van der Waals surface area contributed by atoms with Crippen molar-refractivity contribution in [2.24, 2.45) is 0 Å². The van der Waals surface area contributed by atoms with Gasteiger partial charge in [0.2, 0.25) is 0 Å². The van der Waals surface area contributed by atoms with Crippen LogP contribution in [0.4, 0.5) is 0 Å². The van der Waals surface area contributed by atoms with Gasteiger partial charge in [-0.3, -0.25) is 4.79 Å².